The van der Waals surface area contributed by atoms with Crippen molar-refractivity contribution >= 4 is 55.7 Å². The molecule has 4 aromatic rings. The first-order chi connectivity index (χ1) is 13.7. The van der Waals surface area contributed by atoms with E-state index in [0.717, 1.165) is 30.7 Å². The van der Waals surface area contributed by atoms with Gasteiger partial charge in [-0.15, -0.1) is 21.5 Å². The minimum Gasteiger partial charge on any atom is -0.377 e. The minimum absolute atomic E-state index is 0.157. The summed E-state index contributed by atoms with van der Waals surface area (Å²) in [6.07, 6.45) is 1.54. The largest absolute Gasteiger partial charge is 0.377 e. The average Bonchev–Trinajstić information content (AvgIpc) is 3.34. The molecule has 3 aromatic heterocycles. The Kier molecular flexibility index (Phi) is 5.91. The number of carbonyl (C=O) groups is 1. The Morgan fingerprint density at radius 3 is 2.86 bits per heavy atom. The summed E-state index contributed by atoms with van der Waals surface area (Å²) in [6, 6.07) is 12.2. The molecule has 3 heterocycles. The molecular formula is C18H15N5O2S3. The highest BCUT2D eigenvalue weighted by Gasteiger charge is 2.13. The molecule has 1 N–H and O–H groups in total. The molecule has 7 nitrogen and oxygen atoms in total. The second kappa shape index (κ2) is 8.74. The lowest BCUT2D eigenvalue weighted by molar-refractivity contribution is -0.113. The first kappa shape index (κ1) is 18.9. The molecule has 0 aliphatic heterocycles. The molecule has 142 valence electrons. The molecule has 0 fully saturated rings. The summed E-state index contributed by atoms with van der Waals surface area (Å²) < 4.78 is 5.00. The molecule has 0 bridgehead atoms. The zero-order valence-electron chi connectivity index (χ0n) is 14.8. The van der Waals surface area contributed by atoms with Crippen molar-refractivity contribution in [3.63, 3.8) is 0 Å². The van der Waals surface area contributed by atoms with E-state index < -0.39 is 0 Å². The summed E-state index contributed by atoms with van der Waals surface area (Å²) in [5, 5.41) is 13.6. The number of ether oxygens (including phenoxy) is 1. The number of nitrogens with one attached hydrogen (secondary N) is 1. The molecule has 1 amide bonds. The predicted octanol–water partition coefficient (Wildman–Crippen LogP) is 4.09. The molecule has 28 heavy (non-hydrogen) atoms. The first-order valence-electron chi connectivity index (χ1n) is 8.27. The number of aromatic nitrogens is 4. The van der Waals surface area contributed by atoms with Crippen LogP contribution in [0.2, 0.25) is 0 Å². The van der Waals surface area contributed by atoms with Crippen LogP contribution in [0.1, 0.15) is 5.01 Å². The number of hydrogen-bond donors (Lipinski definition) is 1. The van der Waals surface area contributed by atoms with Gasteiger partial charge in [0.15, 0.2) is 0 Å². The molecule has 1 aromatic carbocycles. The third-order valence-electron chi connectivity index (χ3n) is 3.67. The van der Waals surface area contributed by atoms with Crippen LogP contribution in [0.4, 0.5) is 5.13 Å². The van der Waals surface area contributed by atoms with E-state index in [4.69, 9.17) is 4.74 Å². The van der Waals surface area contributed by atoms with Gasteiger partial charge in [-0.3, -0.25) is 10.1 Å². The van der Waals surface area contributed by atoms with Crippen LogP contribution in [0, 0.1) is 0 Å². The zero-order valence-corrected chi connectivity index (χ0v) is 17.2. The van der Waals surface area contributed by atoms with Crippen molar-refractivity contribution in [3.05, 3.63) is 47.7 Å². The van der Waals surface area contributed by atoms with Crippen LogP contribution in [-0.4, -0.2) is 38.9 Å². The monoisotopic (exact) mass is 429 g/mol. The number of benzene rings is 1. The number of nitrogens with zero attached hydrogens (tertiary/aromatic N) is 4. The normalized spacial score (nSPS) is 11.0. The second-order valence-corrected chi connectivity index (χ2v) is 8.70. The summed E-state index contributed by atoms with van der Waals surface area (Å²) in [5.74, 6) is 0.0670. The van der Waals surface area contributed by atoms with Crippen LogP contribution in [0.5, 0.6) is 0 Å². The number of fused-ring (bicyclic) bond motifs is 1. The van der Waals surface area contributed by atoms with Gasteiger partial charge < -0.3 is 4.74 Å². The maximum atomic E-state index is 12.3. The summed E-state index contributed by atoms with van der Waals surface area (Å²) in [5.41, 5.74) is 1.14. The number of methoxy groups -OCH3 is 1. The smallest absolute Gasteiger partial charge is 0.236 e. The fraction of sp³-hybridized carbons (Fsp3) is 0.167. The van der Waals surface area contributed by atoms with Crippen LogP contribution in [0.25, 0.3) is 20.7 Å². The summed E-state index contributed by atoms with van der Waals surface area (Å²) in [7, 11) is 1.59. The van der Waals surface area contributed by atoms with E-state index in [1.807, 2.05) is 18.2 Å². The summed E-state index contributed by atoms with van der Waals surface area (Å²) in [4.78, 5) is 23.0. The quantitative estimate of drug-likeness (QED) is 0.350. The van der Waals surface area contributed by atoms with E-state index in [1.54, 1.807) is 18.4 Å². The Morgan fingerprint density at radius 1 is 1.18 bits per heavy atom. The second-order valence-electron chi connectivity index (χ2n) is 5.65. The SMILES string of the molecule is COCc1nnc(NC(=O)CSc2ncnc3sc(-c4ccccc4)cc23)s1. The predicted molar refractivity (Wildman–Crippen MR) is 113 cm³/mol. The van der Waals surface area contributed by atoms with Crippen LogP contribution < -0.4 is 5.32 Å². The minimum atomic E-state index is -0.157. The average molecular weight is 430 g/mol. The van der Waals surface area contributed by atoms with Crippen molar-refractivity contribution in [2.24, 2.45) is 0 Å². The van der Waals surface area contributed by atoms with Gasteiger partial charge in [0.05, 0.1) is 5.75 Å². The van der Waals surface area contributed by atoms with Gasteiger partial charge >= 0.3 is 0 Å². The van der Waals surface area contributed by atoms with Gasteiger partial charge in [0, 0.05) is 17.4 Å². The number of hydrogen-bond acceptors (Lipinski definition) is 9. The van der Waals surface area contributed by atoms with Gasteiger partial charge in [-0.2, -0.15) is 0 Å². The number of thiophene rings is 1. The molecule has 4 rings (SSSR count). The lowest BCUT2D eigenvalue weighted by Gasteiger charge is -2.02. The standard InChI is InChI=1S/C18H15N5O2S3/c1-25-8-15-22-23-18(28-15)21-14(24)9-26-16-12-7-13(11-5-3-2-4-6-11)27-17(12)20-10-19-16/h2-7,10H,8-9H2,1H3,(H,21,23,24). The van der Waals surface area contributed by atoms with E-state index in [1.165, 1.54) is 29.4 Å². The van der Waals surface area contributed by atoms with E-state index in [0.29, 0.717) is 11.7 Å². The molecule has 0 aliphatic rings. The maximum Gasteiger partial charge on any atom is 0.236 e. The number of carbonyl (C=O) groups excluding carboxylic acids is 1. The Bertz CT molecular complexity index is 1100. The molecule has 0 saturated heterocycles. The van der Waals surface area contributed by atoms with Crippen molar-refractivity contribution in [2.45, 2.75) is 11.6 Å². The van der Waals surface area contributed by atoms with Crippen molar-refractivity contribution in [3.8, 4) is 10.4 Å². The number of anilines is 1. The summed E-state index contributed by atoms with van der Waals surface area (Å²) in [6.45, 7) is 0.378. The number of amides is 1. The molecule has 0 radical (unpaired) electrons. The summed E-state index contributed by atoms with van der Waals surface area (Å²) >= 11 is 4.29. The van der Waals surface area contributed by atoms with Crippen LogP contribution >= 0.6 is 34.4 Å². The fourth-order valence-electron chi connectivity index (χ4n) is 2.47. The first-order valence-corrected chi connectivity index (χ1v) is 10.9. The fourth-order valence-corrected chi connectivity index (χ4v) is 5.04. The van der Waals surface area contributed by atoms with Crippen molar-refractivity contribution in [2.75, 3.05) is 18.2 Å². The Morgan fingerprint density at radius 2 is 2.04 bits per heavy atom. The molecule has 0 saturated carbocycles. The molecule has 10 heteroatoms. The van der Waals surface area contributed by atoms with Gasteiger partial charge in [0.2, 0.25) is 11.0 Å². The topological polar surface area (TPSA) is 89.9 Å². The highest BCUT2D eigenvalue weighted by atomic mass is 32.2. The zero-order chi connectivity index (χ0) is 19.3. The van der Waals surface area contributed by atoms with E-state index in [-0.39, 0.29) is 11.7 Å². The lowest BCUT2D eigenvalue weighted by atomic mass is 10.2. The Balaban J connectivity index is 1.45. The Hall–Kier alpha value is -2.40. The molecular weight excluding hydrogens is 414 g/mol. The molecule has 0 atom stereocenters. The maximum absolute atomic E-state index is 12.3. The molecule has 0 unspecified atom stereocenters. The molecule has 0 spiro atoms. The van der Waals surface area contributed by atoms with Crippen molar-refractivity contribution in [1.82, 2.24) is 20.2 Å². The van der Waals surface area contributed by atoms with Crippen molar-refractivity contribution in [1.29, 1.82) is 0 Å². The third kappa shape index (κ3) is 4.36. The number of rotatable bonds is 7. The lowest BCUT2D eigenvalue weighted by Crippen LogP contribution is -2.13. The van der Waals surface area contributed by atoms with Gasteiger partial charge in [-0.1, -0.05) is 53.4 Å². The van der Waals surface area contributed by atoms with Crippen LogP contribution in [0.3, 0.4) is 0 Å². The molecule has 0 aliphatic carbocycles. The van der Waals surface area contributed by atoms with E-state index >= 15 is 0 Å². The van der Waals surface area contributed by atoms with E-state index in [9.17, 15) is 4.79 Å². The van der Waals surface area contributed by atoms with Crippen molar-refractivity contribution < 1.29 is 9.53 Å². The highest BCUT2D eigenvalue weighted by Crippen LogP contribution is 2.36. The highest BCUT2D eigenvalue weighted by molar-refractivity contribution is 8.00. The van der Waals surface area contributed by atoms with Gasteiger partial charge in [-0.05, 0) is 11.6 Å². The number of thioether (sulfide) groups is 1. The van der Waals surface area contributed by atoms with Gasteiger partial charge in [0.25, 0.3) is 0 Å². The van der Waals surface area contributed by atoms with Crippen LogP contribution in [0.15, 0.2) is 47.8 Å². The third-order valence-corrected chi connectivity index (χ3v) is 6.58. The van der Waals surface area contributed by atoms with Gasteiger partial charge in [-0.25, -0.2) is 9.97 Å². The van der Waals surface area contributed by atoms with Crippen LogP contribution in [-0.2, 0) is 16.1 Å². The van der Waals surface area contributed by atoms with Gasteiger partial charge in [0.1, 0.15) is 27.8 Å². The Labute approximate surface area is 173 Å². The van der Waals surface area contributed by atoms with E-state index in [2.05, 4.69) is 43.7 Å².